The van der Waals surface area contributed by atoms with E-state index in [1.807, 2.05) is 121 Å². The van der Waals surface area contributed by atoms with Crippen molar-refractivity contribution in [1.82, 2.24) is 5.06 Å². The highest BCUT2D eigenvalue weighted by molar-refractivity contribution is 7.51. The minimum atomic E-state index is -4.37. The molecule has 4 aromatic rings. The summed E-state index contributed by atoms with van der Waals surface area (Å²) < 4.78 is 31.3. The van der Waals surface area contributed by atoms with Gasteiger partial charge in [-0.1, -0.05) is 121 Å². The third-order valence-corrected chi connectivity index (χ3v) is 7.89. The lowest BCUT2D eigenvalue weighted by Gasteiger charge is -2.35. The fraction of sp³-hybridized carbons (Fsp3) is 0.286. The van der Waals surface area contributed by atoms with Gasteiger partial charge in [0.15, 0.2) is 0 Å². The van der Waals surface area contributed by atoms with Gasteiger partial charge >= 0.3 is 7.60 Å². The summed E-state index contributed by atoms with van der Waals surface area (Å²) >= 11 is 0. The molecule has 0 fully saturated rings. The molecule has 1 amide bonds. The lowest BCUT2D eigenvalue weighted by Crippen LogP contribution is -2.48. The summed E-state index contributed by atoms with van der Waals surface area (Å²) in [7, 11) is -4.37. The van der Waals surface area contributed by atoms with Gasteiger partial charge in [-0.15, -0.1) is 0 Å². The minimum Gasteiger partial charge on any atom is -0.371 e. The number of hydrogen-bond donors (Lipinski definition) is 2. The van der Waals surface area contributed by atoms with Crippen molar-refractivity contribution >= 4 is 14.0 Å². The molecule has 0 spiro atoms. The number of rotatable bonds is 20. The highest BCUT2D eigenvalue weighted by atomic mass is 31.2. The zero-order chi connectivity index (χ0) is 31.7. The SMILES string of the molecule is O=CN(CC(OCc1ccccc1)C(OCc1ccccc1)C(CCP(=O)(O)O)OCc1ccccc1)OCc1ccccc1. The summed E-state index contributed by atoms with van der Waals surface area (Å²) in [5.74, 6) is 0. The van der Waals surface area contributed by atoms with Crippen LogP contribution in [0.25, 0.3) is 0 Å². The van der Waals surface area contributed by atoms with E-state index in [-0.39, 0.29) is 39.4 Å². The number of benzene rings is 4. The molecule has 0 saturated carbocycles. The topological polar surface area (TPSA) is 115 Å². The Kier molecular flexibility index (Phi) is 13.9. The van der Waals surface area contributed by atoms with Gasteiger partial charge < -0.3 is 24.0 Å². The minimum absolute atomic E-state index is 0.00622. The Hall–Kier alpha value is -3.66. The van der Waals surface area contributed by atoms with Crippen LogP contribution in [-0.2, 0) is 54.8 Å². The van der Waals surface area contributed by atoms with Gasteiger partial charge in [-0.3, -0.25) is 14.2 Å². The number of ether oxygens (including phenoxy) is 3. The molecule has 0 aliphatic rings. The second kappa shape index (κ2) is 18.3. The molecular weight excluding hydrogens is 593 g/mol. The molecule has 45 heavy (non-hydrogen) atoms. The van der Waals surface area contributed by atoms with Crippen LogP contribution in [0.2, 0.25) is 0 Å². The van der Waals surface area contributed by atoms with Gasteiger partial charge in [-0.05, 0) is 28.7 Å². The van der Waals surface area contributed by atoms with Gasteiger partial charge in [-0.2, -0.15) is 0 Å². The smallest absolute Gasteiger partial charge is 0.325 e. The van der Waals surface area contributed by atoms with Gasteiger partial charge in [-0.25, -0.2) is 5.06 Å². The molecule has 3 atom stereocenters. The number of amides is 1. The Bertz CT molecular complexity index is 1420. The molecule has 0 heterocycles. The van der Waals surface area contributed by atoms with Crippen LogP contribution in [0.15, 0.2) is 121 Å². The van der Waals surface area contributed by atoms with Crippen molar-refractivity contribution < 1.29 is 38.2 Å². The molecule has 0 aliphatic carbocycles. The van der Waals surface area contributed by atoms with Gasteiger partial charge in [0, 0.05) is 0 Å². The molecule has 10 heteroatoms. The first-order valence-corrected chi connectivity index (χ1v) is 16.6. The normalized spacial score (nSPS) is 13.6. The summed E-state index contributed by atoms with van der Waals surface area (Å²) in [6, 6.07) is 38.1. The number of hydrogen-bond acceptors (Lipinski definition) is 6. The lowest BCUT2D eigenvalue weighted by atomic mass is 10.0. The van der Waals surface area contributed by atoms with Crippen LogP contribution in [0.3, 0.4) is 0 Å². The zero-order valence-corrected chi connectivity index (χ0v) is 25.9. The summed E-state index contributed by atoms with van der Waals surface area (Å²) in [5, 5.41) is 1.17. The molecule has 9 nitrogen and oxygen atoms in total. The Morgan fingerprint density at radius 2 is 1.00 bits per heavy atom. The molecule has 0 aromatic heterocycles. The predicted molar refractivity (Wildman–Crippen MR) is 171 cm³/mol. The van der Waals surface area contributed by atoms with E-state index in [1.165, 1.54) is 5.06 Å². The second-order valence-electron chi connectivity index (χ2n) is 10.6. The van der Waals surface area contributed by atoms with E-state index in [0.717, 1.165) is 22.3 Å². The highest BCUT2D eigenvalue weighted by Crippen LogP contribution is 2.37. The maximum absolute atomic E-state index is 12.2. The summed E-state index contributed by atoms with van der Waals surface area (Å²) in [6.07, 6.45) is -2.27. The summed E-state index contributed by atoms with van der Waals surface area (Å²) in [6.45, 7) is 0.706. The standard InChI is InChI=1S/C35H40NO8P/c37-28-36(44-27-32-19-11-4-12-20-32)23-34(42-25-30-15-7-2-8-16-30)35(43-26-31-17-9-3-10-18-31)33(21-22-45(38,39)40)41-24-29-13-5-1-6-14-29/h1-20,28,33-35H,21-27H2,(H2,38,39,40). The molecule has 3 unspecified atom stereocenters. The van der Waals surface area contributed by atoms with Crippen LogP contribution in [0.1, 0.15) is 28.7 Å². The first-order valence-electron chi connectivity index (χ1n) is 14.8. The fourth-order valence-electron chi connectivity index (χ4n) is 4.70. The van der Waals surface area contributed by atoms with Crippen molar-refractivity contribution in [2.24, 2.45) is 0 Å². The van der Waals surface area contributed by atoms with Crippen LogP contribution in [0, 0.1) is 0 Å². The summed E-state index contributed by atoms with van der Waals surface area (Å²) in [5.41, 5.74) is 3.58. The molecule has 238 valence electrons. The van der Waals surface area contributed by atoms with Crippen LogP contribution in [0.5, 0.6) is 0 Å². The van der Waals surface area contributed by atoms with E-state index in [4.69, 9.17) is 19.0 Å². The number of carbonyl (C=O) groups is 1. The molecule has 0 saturated heterocycles. The zero-order valence-electron chi connectivity index (χ0n) is 25.0. The Balaban J connectivity index is 1.63. The second-order valence-corrected chi connectivity index (χ2v) is 12.3. The molecule has 0 bridgehead atoms. The van der Waals surface area contributed by atoms with Crippen molar-refractivity contribution in [2.45, 2.75) is 51.2 Å². The van der Waals surface area contributed by atoms with Crippen molar-refractivity contribution in [1.29, 1.82) is 0 Å². The maximum atomic E-state index is 12.2. The predicted octanol–water partition coefficient (Wildman–Crippen LogP) is 5.90. The van der Waals surface area contributed by atoms with Crippen LogP contribution in [-0.4, -0.2) is 52.3 Å². The quantitative estimate of drug-likeness (QED) is 0.0703. The third kappa shape index (κ3) is 12.7. The molecule has 2 N–H and O–H groups in total. The van der Waals surface area contributed by atoms with Gasteiger partial charge in [0.05, 0.1) is 38.6 Å². The lowest BCUT2D eigenvalue weighted by molar-refractivity contribution is -0.208. The van der Waals surface area contributed by atoms with Crippen LogP contribution >= 0.6 is 7.60 Å². The van der Waals surface area contributed by atoms with Gasteiger partial charge in [0.2, 0.25) is 6.41 Å². The number of carbonyl (C=O) groups excluding carboxylic acids is 1. The van der Waals surface area contributed by atoms with E-state index in [1.54, 1.807) is 0 Å². The molecule has 0 aliphatic heterocycles. The average molecular weight is 634 g/mol. The van der Waals surface area contributed by atoms with Crippen LogP contribution in [0.4, 0.5) is 0 Å². The van der Waals surface area contributed by atoms with Crippen molar-refractivity contribution in [3.63, 3.8) is 0 Å². The Morgan fingerprint density at radius 1 is 0.600 bits per heavy atom. The first-order chi connectivity index (χ1) is 21.9. The van der Waals surface area contributed by atoms with Crippen molar-refractivity contribution in [3.8, 4) is 0 Å². The summed E-state index contributed by atoms with van der Waals surface area (Å²) in [4.78, 5) is 37.7. The molecular formula is C35H40NO8P. The van der Waals surface area contributed by atoms with Crippen molar-refractivity contribution in [2.75, 3.05) is 12.7 Å². The molecule has 4 rings (SSSR count). The molecule has 4 aromatic carbocycles. The number of nitrogens with zero attached hydrogens (tertiary/aromatic N) is 1. The number of hydroxylamine groups is 2. The third-order valence-electron chi connectivity index (χ3n) is 7.05. The Labute approximate surface area is 264 Å². The van der Waals surface area contributed by atoms with Gasteiger partial charge in [0.1, 0.15) is 18.8 Å². The van der Waals surface area contributed by atoms with Crippen LogP contribution < -0.4 is 0 Å². The maximum Gasteiger partial charge on any atom is 0.325 e. The van der Waals surface area contributed by atoms with E-state index in [9.17, 15) is 19.1 Å². The largest absolute Gasteiger partial charge is 0.371 e. The van der Waals surface area contributed by atoms with E-state index >= 15 is 0 Å². The average Bonchev–Trinajstić information content (AvgIpc) is 3.07. The van der Waals surface area contributed by atoms with Gasteiger partial charge in [0.25, 0.3) is 0 Å². The Morgan fingerprint density at radius 3 is 1.42 bits per heavy atom. The van der Waals surface area contributed by atoms with E-state index in [0.29, 0.717) is 6.41 Å². The van der Waals surface area contributed by atoms with Crippen molar-refractivity contribution in [3.05, 3.63) is 144 Å². The van der Waals surface area contributed by atoms with E-state index < -0.39 is 32.1 Å². The monoisotopic (exact) mass is 633 g/mol. The first kappa shape index (κ1) is 34.2. The molecule has 0 radical (unpaired) electrons. The highest BCUT2D eigenvalue weighted by Gasteiger charge is 2.35. The van der Waals surface area contributed by atoms with E-state index in [2.05, 4.69) is 0 Å². The fourth-order valence-corrected chi connectivity index (χ4v) is 5.29.